The largest absolute Gasteiger partial charge is 0.228 e. The van der Waals surface area contributed by atoms with E-state index >= 15 is 0 Å². The van der Waals surface area contributed by atoms with E-state index in [1.54, 1.807) is 0 Å². The van der Waals surface area contributed by atoms with Gasteiger partial charge in [0.05, 0.1) is 11.4 Å². The van der Waals surface area contributed by atoms with Crippen LogP contribution in [0.5, 0.6) is 0 Å². The van der Waals surface area contributed by atoms with E-state index < -0.39 is 0 Å². The lowest BCUT2D eigenvalue weighted by molar-refractivity contribution is 1.04. The molecule has 9 aromatic rings. The van der Waals surface area contributed by atoms with Crippen LogP contribution in [0.25, 0.3) is 94.0 Å². The van der Waals surface area contributed by atoms with E-state index in [0.29, 0.717) is 5.82 Å². The van der Waals surface area contributed by atoms with Crippen LogP contribution >= 0.6 is 0 Å². The molecular weight excluding hydrogens is 653 g/mol. The van der Waals surface area contributed by atoms with Crippen LogP contribution in [0.3, 0.4) is 0 Å². The van der Waals surface area contributed by atoms with Crippen LogP contribution in [0.1, 0.15) is 18.4 Å². The van der Waals surface area contributed by atoms with E-state index in [1.165, 1.54) is 54.6 Å². The van der Waals surface area contributed by atoms with Gasteiger partial charge in [0.25, 0.3) is 0 Å². The molecule has 1 aromatic heterocycles. The lowest BCUT2D eigenvalue weighted by Crippen LogP contribution is -1.98. The van der Waals surface area contributed by atoms with Gasteiger partial charge in [-0.05, 0) is 96.7 Å². The summed E-state index contributed by atoms with van der Waals surface area (Å²) in [4.78, 5) is 10.5. The standard InChI is InChI=1S/C52H36N2/c1-3-16-35(17-4-1)37-20-15-21-39(32-37)50-34-51(54-52(53-50)36-18-5-2-6-19-36)48-29-14-13-27-45(48)41-23-8-7-22-40(41)38-30-31-47-44-26-10-9-24-42(44)43-25-11-12-28-46(43)49(47)33-38/h2-3,5-34H,1,4H2. The number of hydrogen-bond donors (Lipinski definition) is 0. The number of benzene rings is 8. The Morgan fingerprint density at radius 1 is 0.333 bits per heavy atom. The number of rotatable bonds is 6. The summed E-state index contributed by atoms with van der Waals surface area (Å²) in [6.07, 6.45) is 8.98. The highest BCUT2D eigenvalue weighted by molar-refractivity contribution is 6.25. The van der Waals surface area contributed by atoms with Crippen molar-refractivity contribution in [2.45, 2.75) is 12.8 Å². The number of allylic oxidation sites excluding steroid dienone is 4. The Balaban J connectivity index is 1.15. The smallest absolute Gasteiger partial charge is 0.160 e. The first-order valence-electron chi connectivity index (χ1n) is 18.7. The maximum absolute atomic E-state index is 5.27. The second-order valence-electron chi connectivity index (χ2n) is 14.0. The number of aromatic nitrogens is 2. The van der Waals surface area contributed by atoms with Gasteiger partial charge in [-0.3, -0.25) is 0 Å². The molecule has 0 bridgehead atoms. The fourth-order valence-corrected chi connectivity index (χ4v) is 8.12. The maximum atomic E-state index is 5.27. The lowest BCUT2D eigenvalue weighted by Gasteiger charge is -2.17. The molecule has 0 saturated heterocycles. The Bertz CT molecular complexity index is 2900. The second kappa shape index (κ2) is 13.6. The van der Waals surface area contributed by atoms with Gasteiger partial charge in [0.15, 0.2) is 5.82 Å². The Morgan fingerprint density at radius 2 is 0.889 bits per heavy atom. The van der Waals surface area contributed by atoms with Crippen LogP contribution in [0.15, 0.2) is 194 Å². The summed E-state index contributed by atoms with van der Waals surface area (Å²) in [6.45, 7) is 0. The van der Waals surface area contributed by atoms with E-state index in [2.05, 4.69) is 176 Å². The first-order valence-corrected chi connectivity index (χ1v) is 18.7. The van der Waals surface area contributed by atoms with Crippen LogP contribution in [-0.2, 0) is 0 Å². The molecule has 10 rings (SSSR count). The first kappa shape index (κ1) is 31.8. The second-order valence-corrected chi connectivity index (χ2v) is 14.0. The SMILES string of the molecule is C1=CC(c2cccc(-c3cc(-c4ccccc4-c4ccccc4-c4ccc5c6ccccc6c6ccccc6c5c4)nc(-c4ccccc4)n3)c2)=CCC1. The molecular formula is C52H36N2. The summed E-state index contributed by atoms with van der Waals surface area (Å²) < 4.78 is 0. The summed E-state index contributed by atoms with van der Waals surface area (Å²) in [5, 5.41) is 7.65. The van der Waals surface area contributed by atoms with Crippen molar-refractivity contribution in [3.63, 3.8) is 0 Å². The Morgan fingerprint density at radius 3 is 1.59 bits per heavy atom. The van der Waals surface area contributed by atoms with Crippen molar-refractivity contribution in [1.82, 2.24) is 9.97 Å². The first-order chi connectivity index (χ1) is 26.8. The minimum atomic E-state index is 0.710. The predicted octanol–water partition coefficient (Wildman–Crippen LogP) is 14.0. The summed E-state index contributed by atoms with van der Waals surface area (Å²) in [6, 6.07) is 63.2. The summed E-state index contributed by atoms with van der Waals surface area (Å²) >= 11 is 0. The van der Waals surface area contributed by atoms with Gasteiger partial charge in [0, 0.05) is 16.7 Å². The molecule has 0 spiro atoms. The quantitative estimate of drug-likeness (QED) is 0.163. The predicted molar refractivity (Wildman–Crippen MR) is 228 cm³/mol. The summed E-state index contributed by atoms with van der Waals surface area (Å²) in [7, 11) is 0. The zero-order chi connectivity index (χ0) is 35.8. The number of nitrogens with zero attached hydrogens (tertiary/aromatic N) is 2. The molecule has 0 fully saturated rings. The molecule has 0 radical (unpaired) electrons. The van der Waals surface area contributed by atoms with Crippen LogP contribution in [0.4, 0.5) is 0 Å². The molecule has 2 heteroatoms. The van der Waals surface area contributed by atoms with Crippen molar-refractivity contribution in [3.05, 3.63) is 200 Å². The highest BCUT2D eigenvalue weighted by atomic mass is 14.9. The molecule has 1 aliphatic carbocycles. The molecule has 0 saturated carbocycles. The van der Waals surface area contributed by atoms with Gasteiger partial charge in [0.2, 0.25) is 0 Å². The van der Waals surface area contributed by atoms with Crippen LogP contribution in [0, 0.1) is 0 Å². The fraction of sp³-hybridized carbons (Fsp3) is 0.0385. The van der Waals surface area contributed by atoms with Crippen molar-refractivity contribution in [1.29, 1.82) is 0 Å². The van der Waals surface area contributed by atoms with Crippen molar-refractivity contribution >= 4 is 37.9 Å². The molecule has 1 aliphatic rings. The van der Waals surface area contributed by atoms with E-state index in [9.17, 15) is 0 Å². The van der Waals surface area contributed by atoms with Crippen molar-refractivity contribution in [2.24, 2.45) is 0 Å². The van der Waals surface area contributed by atoms with Crippen LogP contribution in [0.2, 0.25) is 0 Å². The topological polar surface area (TPSA) is 25.8 Å². The fourth-order valence-electron chi connectivity index (χ4n) is 8.12. The minimum absolute atomic E-state index is 0.710. The number of fused-ring (bicyclic) bond motifs is 6. The van der Waals surface area contributed by atoms with Crippen LogP contribution in [-0.4, -0.2) is 9.97 Å². The zero-order valence-corrected chi connectivity index (χ0v) is 29.8. The molecule has 8 aromatic carbocycles. The highest BCUT2D eigenvalue weighted by Crippen LogP contribution is 2.42. The van der Waals surface area contributed by atoms with Crippen molar-refractivity contribution in [3.8, 4) is 56.2 Å². The van der Waals surface area contributed by atoms with Gasteiger partial charge in [-0.15, -0.1) is 0 Å². The average molecular weight is 689 g/mol. The maximum Gasteiger partial charge on any atom is 0.160 e. The van der Waals surface area contributed by atoms with E-state index in [1.807, 2.05) is 18.2 Å². The Kier molecular flexibility index (Phi) is 8.00. The molecule has 1 heterocycles. The third-order valence-electron chi connectivity index (χ3n) is 10.7. The molecule has 2 nitrogen and oxygen atoms in total. The van der Waals surface area contributed by atoms with Gasteiger partial charge in [-0.2, -0.15) is 0 Å². The highest BCUT2D eigenvalue weighted by Gasteiger charge is 2.18. The summed E-state index contributed by atoms with van der Waals surface area (Å²) in [5.41, 5.74) is 12.0. The monoisotopic (exact) mass is 688 g/mol. The summed E-state index contributed by atoms with van der Waals surface area (Å²) in [5.74, 6) is 0.710. The third kappa shape index (κ3) is 5.70. The Hall–Kier alpha value is -6.90. The van der Waals surface area contributed by atoms with Gasteiger partial charge >= 0.3 is 0 Å². The molecule has 0 aliphatic heterocycles. The van der Waals surface area contributed by atoms with E-state index in [-0.39, 0.29) is 0 Å². The lowest BCUT2D eigenvalue weighted by atomic mass is 9.88. The van der Waals surface area contributed by atoms with E-state index in [4.69, 9.17) is 9.97 Å². The van der Waals surface area contributed by atoms with Crippen molar-refractivity contribution in [2.75, 3.05) is 0 Å². The molecule has 0 N–H and O–H groups in total. The van der Waals surface area contributed by atoms with Gasteiger partial charge in [0.1, 0.15) is 0 Å². The number of hydrogen-bond acceptors (Lipinski definition) is 2. The normalized spacial score (nSPS) is 12.7. The van der Waals surface area contributed by atoms with Gasteiger partial charge < -0.3 is 0 Å². The van der Waals surface area contributed by atoms with E-state index in [0.717, 1.165) is 52.0 Å². The molecule has 0 unspecified atom stereocenters. The van der Waals surface area contributed by atoms with Gasteiger partial charge in [-0.1, -0.05) is 176 Å². The third-order valence-corrected chi connectivity index (χ3v) is 10.7. The van der Waals surface area contributed by atoms with Crippen LogP contribution < -0.4 is 0 Å². The van der Waals surface area contributed by atoms with Crippen molar-refractivity contribution < 1.29 is 0 Å². The molecule has 254 valence electrons. The molecule has 54 heavy (non-hydrogen) atoms. The zero-order valence-electron chi connectivity index (χ0n) is 29.8. The minimum Gasteiger partial charge on any atom is -0.228 e. The molecule has 0 amide bonds. The molecule has 0 atom stereocenters. The Labute approximate surface area is 315 Å². The average Bonchev–Trinajstić information content (AvgIpc) is 3.27. The van der Waals surface area contributed by atoms with Gasteiger partial charge in [-0.25, -0.2) is 9.97 Å².